The third kappa shape index (κ3) is 8.82. The van der Waals surface area contributed by atoms with Crippen molar-refractivity contribution >= 4 is 45.9 Å². The molecule has 0 aromatic heterocycles. The molecule has 3 heterocycles. The fourth-order valence-electron chi connectivity index (χ4n) is 7.28. The average Bonchev–Trinajstić information content (AvgIpc) is 3.99. The van der Waals surface area contributed by atoms with Gasteiger partial charge in [-0.25, -0.2) is 22.8 Å². The van der Waals surface area contributed by atoms with E-state index in [2.05, 4.69) is 15.4 Å². The Kier molecular flexibility index (Phi) is 11.0. The molecule has 3 aliphatic heterocycles. The number of ether oxygens (including phenoxy) is 3. The van der Waals surface area contributed by atoms with Crippen molar-refractivity contribution in [2.75, 3.05) is 13.7 Å². The van der Waals surface area contributed by atoms with E-state index in [0.717, 1.165) is 24.0 Å². The fourth-order valence-corrected chi connectivity index (χ4v) is 8.65. The number of hydrogen-bond donors (Lipinski definition) is 3. The third-order valence-electron chi connectivity index (χ3n) is 10.4. The number of nitrogens with one attached hydrogen (secondary N) is 3. The number of methoxy groups -OCH3 is 1. The molecule has 5 amide bonds. The van der Waals surface area contributed by atoms with E-state index < -0.39 is 86.4 Å². The molecule has 16 nitrogen and oxygen atoms in total. The maximum atomic E-state index is 14.4. The largest absolute Gasteiger partial charge is 0.465 e. The quantitative estimate of drug-likeness (QED) is 0.218. The van der Waals surface area contributed by atoms with Crippen molar-refractivity contribution in [3.05, 3.63) is 47.0 Å². The van der Waals surface area contributed by atoms with Gasteiger partial charge in [0.25, 0.3) is 5.91 Å². The highest BCUT2D eigenvalue weighted by molar-refractivity contribution is 7.91. The second-order valence-corrected chi connectivity index (χ2v) is 17.8. The van der Waals surface area contributed by atoms with Crippen molar-refractivity contribution < 1.29 is 51.4 Å². The summed E-state index contributed by atoms with van der Waals surface area (Å²) >= 11 is 0. The molecule has 17 heteroatoms. The predicted octanol–water partition coefficient (Wildman–Crippen LogP) is 2.79. The van der Waals surface area contributed by atoms with Gasteiger partial charge in [-0.2, -0.15) is 0 Å². The number of benzene rings is 1. The van der Waals surface area contributed by atoms with Crippen molar-refractivity contribution in [3.8, 4) is 0 Å². The van der Waals surface area contributed by atoms with Gasteiger partial charge in [-0.3, -0.25) is 24.0 Å². The molecular weight excluding hydrogens is 722 g/mol. The molecule has 54 heavy (non-hydrogen) atoms. The molecule has 2 aliphatic carbocycles. The van der Waals surface area contributed by atoms with E-state index >= 15 is 0 Å². The van der Waals surface area contributed by atoms with E-state index in [-0.39, 0.29) is 38.9 Å². The van der Waals surface area contributed by atoms with E-state index in [1.54, 1.807) is 39.0 Å². The summed E-state index contributed by atoms with van der Waals surface area (Å²) in [5.74, 6) is -3.12. The Morgan fingerprint density at radius 1 is 1.00 bits per heavy atom. The lowest BCUT2D eigenvalue weighted by atomic mass is 10.0. The molecule has 0 spiro atoms. The number of allylic oxidation sites excluding steroid dienone is 1. The van der Waals surface area contributed by atoms with Gasteiger partial charge in [-0.05, 0) is 82.6 Å². The molecule has 1 aromatic rings. The summed E-state index contributed by atoms with van der Waals surface area (Å²) in [6.07, 6.45) is 5.20. The maximum Gasteiger partial charge on any atom is 0.410 e. The fraction of sp³-hybridized carbons (Fsp3) is 0.622. The van der Waals surface area contributed by atoms with Gasteiger partial charge in [0.05, 0.1) is 24.5 Å². The monoisotopic (exact) mass is 771 g/mol. The Hall–Kier alpha value is -4.67. The number of rotatable bonds is 6. The minimum atomic E-state index is -3.92. The minimum absolute atomic E-state index is 0.117. The lowest BCUT2D eigenvalue weighted by Crippen LogP contribution is -2.58. The van der Waals surface area contributed by atoms with Gasteiger partial charge in [-0.1, -0.05) is 31.1 Å². The number of hydrogen-bond acceptors (Lipinski definition) is 11. The first-order valence-corrected chi connectivity index (χ1v) is 20.0. The predicted molar refractivity (Wildman–Crippen MR) is 192 cm³/mol. The Labute approximate surface area is 314 Å². The van der Waals surface area contributed by atoms with Gasteiger partial charge in [0.1, 0.15) is 29.3 Å². The van der Waals surface area contributed by atoms with Gasteiger partial charge in [0.15, 0.2) is 0 Å². The zero-order valence-electron chi connectivity index (χ0n) is 31.1. The molecule has 3 fully saturated rings. The highest BCUT2D eigenvalue weighted by Gasteiger charge is 2.62. The normalized spacial score (nSPS) is 27.3. The minimum Gasteiger partial charge on any atom is -0.465 e. The second-order valence-electron chi connectivity index (χ2n) is 15.8. The van der Waals surface area contributed by atoms with Crippen molar-refractivity contribution in [2.24, 2.45) is 5.92 Å². The van der Waals surface area contributed by atoms with Crippen molar-refractivity contribution in [1.29, 1.82) is 0 Å². The van der Waals surface area contributed by atoms with Crippen LogP contribution in [0.2, 0.25) is 0 Å². The molecule has 3 N–H and O–H groups in total. The van der Waals surface area contributed by atoms with Gasteiger partial charge < -0.3 is 29.7 Å². The summed E-state index contributed by atoms with van der Waals surface area (Å²) in [4.78, 5) is 83.4. The molecule has 0 bridgehead atoms. The number of carbonyl (C=O) groups excluding carboxylic acids is 6. The smallest absolute Gasteiger partial charge is 0.410 e. The van der Waals surface area contributed by atoms with Gasteiger partial charge >= 0.3 is 18.2 Å². The van der Waals surface area contributed by atoms with Crippen LogP contribution in [0, 0.1) is 5.92 Å². The topological polar surface area (TPSA) is 207 Å². The summed E-state index contributed by atoms with van der Waals surface area (Å²) in [7, 11) is -2.64. The highest BCUT2D eigenvalue weighted by atomic mass is 32.2. The van der Waals surface area contributed by atoms with Crippen LogP contribution in [-0.2, 0) is 51.7 Å². The molecule has 6 rings (SSSR count). The van der Waals surface area contributed by atoms with E-state index in [0.29, 0.717) is 31.2 Å². The first-order chi connectivity index (χ1) is 25.5. The van der Waals surface area contributed by atoms with E-state index in [9.17, 15) is 37.2 Å². The molecule has 5 aliphatic rings. The third-order valence-corrected chi connectivity index (χ3v) is 12.2. The van der Waals surface area contributed by atoms with Crippen molar-refractivity contribution in [1.82, 2.24) is 25.2 Å². The number of sulfonamides is 1. The molecular formula is C37H49N5O11S. The van der Waals surface area contributed by atoms with Crippen LogP contribution < -0.4 is 15.4 Å². The van der Waals surface area contributed by atoms with Crippen LogP contribution in [0.15, 0.2) is 30.4 Å². The van der Waals surface area contributed by atoms with Crippen LogP contribution in [-0.4, -0.2) is 102 Å². The van der Waals surface area contributed by atoms with Crippen LogP contribution in [0.3, 0.4) is 0 Å². The summed E-state index contributed by atoms with van der Waals surface area (Å²) in [6.45, 7) is 5.29. The number of alkyl carbamates (subject to hydrolysis) is 1. The lowest BCUT2D eigenvalue weighted by Gasteiger charge is -2.30. The Morgan fingerprint density at radius 3 is 2.44 bits per heavy atom. The molecule has 1 aromatic carbocycles. The lowest BCUT2D eigenvalue weighted by molar-refractivity contribution is -0.141. The van der Waals surface area contributed by atoms with Gasteiger partial charge in [0, 0.05) is 25.4 Å². The molecule has 5 atom stereocenters. The Morgan fingerprint density at radius 2 is 1.74 bits per heavy atom. The zero-order chi connectivity index (χ0) is 39.0. The van der Waals surface area contributed by atoms with Gasteiger partial charge in [-0.15, -0.1) is 0 Å². The summed E-state index contributed by atoms with van der Waals surface area (Å²) in [6, 6.07) is 2.71. The first kappa shape index (κ1) is 39.0. The van der Waals surface area contributed by atoms with Crippen LogP contribution in [0.5, 0.6) is 0 Å². The van der Waals surface area contributed by atoms with Crippen LogP contribution in [0.4, 0.5) is 9.59 Å². The van der Waals surface area contributed by atoms with E-state index in [1.807, 2.05) is 12.2 Å². The molecule has 0 unspecified atom stereocenters. The maximum absolute atomic E-state index is 14.4. The first-order valence-electron chi connectivity index (χ1n) is 18.5. The molecule has 0 radical (unpaired) electrons. The SMILES string of the molecule is COC(=O)c1ccc2c(c1)CN(C(=O)O[C@@H]1C[C@H]3C(=O)N[C@]4(C(=O)NS(=O)(=O)C5CC5)C[C@H]4C=CCCCCC[C@H](NC(=O)OC(C)(C)C)C(=O)N3C1)C2. The summed E-state index contributed by atoms with van der Waals surface area (Å²) in [5, 5.41) is 4.82. The second kappa shape index (κ2) is 15.2. The van der Waals surface area contributed by atoms with E-state index in [4.69, 9.17) is 14.2 Å². The number of fused-ring (bicyclic) bond motifs is 3. The number of amides is 5. The van der Waals surface area contributed by atoms with Crippen LogP contribution >= 0.6 is 0 Å². The standard InChI is InChI=1S/C37H49N5O11S/c1-36(2,3)53-34(47)38-28-11-9-7-5-6-8-10-25-18-37(25,33(46)40-54(49,50)27-14-15-27)39-30(43)29-17-26(21-42(29)31(28)44)52-35(48)41-19-23-13-12-22(32(45)51-4)16-24(23)20-41/h8,10,12-13,16,25-29H,5-7,9,11,14-15,17-21H2,1-4H3,(H,38,47)(H,39,43)(H,40,46)/t25-,26-,28+,29+,37-/m1/s1. The zero-order valence-corrected chi connectivity index (χ0v) is 31.9. The number of carbonyl (C=O) groups is 6. The Balaban J connectivity index is 1.24. The van der Waals surface area contributed by atoms with Crippen molar-refractivity contribution in [3.63, 3.8) is 0 Å². The van der Waals surface area contributed by atoms with Gasteiger partial charge in [0.2, 0.25) is 21.8 Å². The van der Waals surface area contributed by atoms with E-state index in [1.165, 1.54) is 16.9 Å². The molecule has 2 saturated carbocycles. The number of nitrogens with zero attached hydrogens (tertiary/aromatic N) is 2. The van der Waals surface area contributed by atoms with Crippen LogP contribution in [0.25, 0.3) is 0 Å². The average molecular weight is 772 g/mol. The molecule has 294 valence electrons. The molecule has 1 saturated heterocycles. The number of esters is 1. The highest BCUT2D eigenvalue weighted by Crippen LogP contribution is 2.46. The summed E-state index contributed by atoms with van der Waals surface area (Å²) < 4.78 is 43.9. The summed E-state index contributed by atoms with van der Waals surface area (Å²) in [5.41, 5.74) is -0.481. The van der Waals surface area contributed by atoms with Crippen molar-refractivity contribution in [2.45, 2.75) is 126 Å². The van der Waals surface area contributed by atoms with Crippen LogP contribution in [0.1, 0.15) is 100 Å². The Bertz CT molecular complexity index is 1840.